The first-order chi connectivity index (χ1) is 14.6. The van der Waals surface area contributed by atoms with Crippen LogP contribution in [0.25, 0.3) is 0 Å². The minimum Gasteiger partial charge on any atom is -0.444 e. The molecule has 32 heavy (non-hydrogen) atoms. The van der Waals surface area contributed by atoms with Gasteiger partial charge in [0.2, 0.25) is 0 Å². The average molecular weight is 516 g/mol. The minimum absolute atomic E-state index is 0.200. The number of carbonyl (C=O) groups is 1. The van der Waals surface area contributed by atoms with E-state index in [4.69, 9.17) is 4.74 Å². The van der Waals surface area contributed by atoms with Crippen LogP contribution in [0.4, 0.5) is 18.0 Å². The topological polar surface area (TPSA) is 59.0 Å². The van der Waals surface area contributed by atoms with E-state index in [2.05, 4.69) is 20.7 Å². The normalized spacial score (nSPS) is 17.8. The molecule has 3 rings (SSSR count). The van der Waals surface area contributed by atoms with Crippen LogP contribution in [0.2, 0.25) is 0 Å². The molecule has 1 atom stereocenters. The Kier molecular flexibility index (Phi) is 6.30. The Bertz CT molecular complexity index is 982. The number of aliphatic hydroxyl groups is 1. The molecule has 1 amide bonds. The summed E-state index contributed by atoms with van der Waals surface area (Å²) < 4.78 is 47.7. The second-order valence-corrected chi connectivity index (χ2v) is 10.1. The summed E-state index contributed by atoms with van der Waals surface area (Å²) in [7, 11) is 0. The Hall–Kier alpha value is -2.26. The second-order valence-electron chi connectivity index (χ2n) is 9.19. The molecule has 2 aromatic rings. The third-order valence-corrected chi connectivity index (χ3v) is 5.85. The van der Waals surface area contributed by atoms with E-state index >= 15 is 0 Å². The largest absolute Gasteiger partial charge is 0.573 e. The third-order valence-electron chi connectivity index (χ3n) is 5.35. The molecule has 5 nitrogen and oxygen atoms in total. The van der Waals surface area contributed by atoms with Crippen molar-refractivity contribution in [3.63, 3.8) is 0 Å². The molecule has 1 aliphatic rings. The van der Waals surface area contributed by atoms with Crippen molar-refractivity contribution in [2.45, 2.75) is 45.3 Å². The fourth-order valence-electron chi connectivity index (χ4n) is 3.96. The molecule has 0 radical (unpaired) electrons. The highest BCUT2D eigenvalue weighted by Crippen LogP contribution is 2.51. The van der Waals surface area contributed by atoms with Gasteiger partial charge in [-0.25, -0.2) is 4.79 Å². The van der Waals surface area contributed by atoms with Crippen molar-refractivity contribution in [1.29, 1.82) is 0 Å². The van der Waals surface area contributed by atoms with Crippen LogP contribution in [-0.2, 0) is 10.3 Å². The molecular weight excluding hydrogens is 491 g/mol. The highest BCUT2D eigenvalue weighted by atomic mass is 79.9. The van der Waals surface area contributed by atoms with Crippen molar-refractivity contribution in [3.8, 4) is 5.75 Å². The van der Waals surface area contributed by atoms with Crippen LogP contribution in [0.15, 0.2) is 53.0 Å². The zero-order valence-corrected chi connectivity index (χ0v) is 19.8. The van der Waals surface area contributed by atoms with Gasteiger partial charge in [0, 0.05) is 23.0 Å². The lowest BCUT2D eigenvalue weighted by molar-refractivity contribution is -0.274. The van der Waals surface area contributed by atoms with Crippen molar-refractivity contribution >= 4 is 22.0 Å². The number of amides is 1. The van der Waals surface area contributed by atoms with Crippen LogP contribution in [0.1, 0.15) is 38.8 Å². The number of hydrogen-bond donors (Lipinski definition) is 1. The van der Waals surface area contributed by atoms with Gasteiger partial charge in [-0.1, -0.05) is 47.1 Å². The van der Waals surface area contributed by atoms with E-state index in [0.717, 1.165) is 4.47 Å². The van der Waals surface area contributed by atoms with E-state index in [1.807, 2.05) is 6.92 Å². The zero-order chi connectivity index (χ0) is 23.9. The Morgan fingerprint density at radius 3 is 2.16 bits per heavy atom. The number of halogens is 4. The maximum absolute atomic E-state index is 12.5. The maximum Gasteiger partial charge on any atom is 0.573 e. The maximum atomic E-state index is 12.5. The molecule has 1 aliphatic heterocycles. The smallest absolute Gasteiger partial charge is 0.444 e. The summed E-state index contributed by atoms with van der Waals surface area (Å²) in [6.07, 6.45) is -5.30. The van der Waals surface area contributed by atoms with E-state index < -0.39 is 29.1 Å². The third kappa shape index (κ3) is 5.04. The van der Waals surface area contributed by atoms with Crippen LogP contribution in [0.3, 0.4) is 0 Å². The van der Waals surface area contributed by atoms with Gasteiger partial charge in [-0.2, -0.15) is 0 Å². The molecule has 9 heteroatoms. The standard InChI is InChI=1S/C23H25BrF3NO4/c1-20(2,3)32-19(29)28-13-21(4,14-28)22(30,16-6-5-7-17(24)12-16)15-8-10-18(11-9-15)31-23(25,26)27/h5-12,30H,13-14H2,1-4H3. The highest BCUT2D eigenvalue weighted by molar-refractivity contribution is 9.10. The van der Waals surface area contributed by atoms with Crippen molar-refractivity contribution < 1.29 is 32.5 Å². The van der Waals surface area contributed by atoms with Crippen LogP contribution in [0.5, 0.6) is 5.75 Å². The highest BCUT2D eigenvalue weighted by Gasteiger charge is 2.58. The lowest BCUT2D eigenvalue weighted by Gasteiger charge is -2.56. The predicted molar refractivity (Wildman–Crippen MR) is 116 cm³/mol. The number of nitrogens with zero attached hydrogens (tertiary/aromatic N) is 1. The van der Waals surface area contributed by atoms with Gasteiger partial charge in [0.15, 0.2) is 0 Å². The first-order valence-electron chi connectivity index (χ1n) is 9.96. The van der Waals surface area contributed by atoms with Gasteiger partial charge in [-0.05, 0) is 56.2 Å². The second kappa shape index (κ2) is 8.26. The van der Waals surface area contributed by atoms with E-state index in [-0.39, 0.29) is 18.8 Å². The van der Waals surface area contributed by atoms with Crippen molar-refractivity contribution in [1.82, 2.24) is 4.90 Å². The molecule has 1 heterocycles. The number of likely N-dealkylation sites (tertiary alicyclic amines) is 1. The number of ether oxygens (including phenoxy) is 2. The Morgan fingerprint density at radius 1 is 1.06 bits per heavy atom. The summed E-state index contributed by atoms with van der Waals surface area (Å²) >= 11 is 3.41. The molecule has 1 unspecified atom stereocenters. The van der Waals surface area contributed by atoms with E-state index in [0.29, 0.717) is 11.1 Å². The van der Waals surface area contributed by atoms with Gasteiger partial charge in [-0.15, -0.1) is 13.2 Å². The monoisotopic (exact) mass is 515 g/mol. The molecule has 2 aromatic carbocycles. The molecule has 0 aliphatic carbocycles. The minimum atomic E-state index is -4.81. The van der Waals surface area contributed by atoms with Gasteiger partial charge in [0.1, 0.15) is 17.0 Å². The summed E-state index contributed by atoms with van der Waals surface area (Å²) in [6, 6.07) is 12.2. The first-order valence-corrected chi connectivity index (χ1v) is 10.7. The van der Waals surface area contributed by atoms with Crippen LogP contribution >= 0.6 is 15.9 Å². The van der Waals surface area contributed by atoms with E-state index in [1.54, 1.807) is 45.0 Å². The molecular formula is C23H25BrF3NO4. The Labute approximate surface area is 193 Å². The average Bonchev–Trinajstić information content (AvgIpc) is 2.62. The molecule has 0 aromatic heterocycles. The van der Waals surface area contributed by atoms with Crippen LogP contribution < -0.4 is 4.74 Å². The van der Waals surface area contributed by atoms with Gasteiger partial charge in [0.25, 0.3) is 0 Å². The fourth-order valence-corrected chi connectivity index (χ4v) is 4.35. The van der Waals surface area contributed by atoms with E-state index in [9.17, 15) is 23.1 Å². The summed E-state index contributed by atoms with van der Waals surface area (Å²) in [5.41, 5.74) is -2.14. The molecule has 1 saturated heterocycles. The van der Waals surface area contributed by atoms with Gasteiger partial charge in [-0.3, -0.25) is 0 Å². The number of benzene rings is 2. The van der Waals surface area contributed by atoms with Gasteiger partial charge >= 0.3 is 12.5 Å². The van der Waals surface area contributed by atoms with Crippen molar-refractivity contribution in [2.75, 3.05) is 13.1 Å². The predicted octanol–water partition coefficient (Wildman–Crippen LogP) is 5.84. The van der Waals surface area contributed by atoms with Gasteiger partial charge < -0.3 is 19.5 Å². The summed E-state index contributed by atoms with van der Waals surface area (Å²) in [4.78, 5) is 13.9. The quantitative estimate of drug-likeness (QED) is 0.555. The van der Waals surface area contributed by atoms with Crippen molar-refractivity contribution in [2.24, 2.45) is 5.41 Å². The van der Waals surface area contributed by atoms with E-state index in [1.165, 1.54) is 29.2 Å². The zero-order valence-electron chi connectivity index (χ0n) is 18.2. The molecule has 0 bridgehead atoms. The van der Waals surface area contributed by atoms with Crippen LogP contribution in [0, 0.1) is 5.41 Å². The van der Waals surface area contributed by atoms with Crippen molar-refractivity contribution in [3.05, 3.63) is 64.1 Å². The van der Waals surface area contributed by atoms with Gasteiger partial charge in [0.05, 0.1) is 0 Å². The Morgan fingerprint density at radius 2 is 1.66 bits per heavy atom. The summed E-state index contributed by atoms with van der Waals surface area (Å²) in [6.45, 7) is 7.54. The fraction of sp³-hybridized carbons (Fsp3) is 0.435. The molecule has 1 fully saturated rings. The van der Waals surface area contributed by atoms with Crippen LogP contribution in [-0.4, -0.2) is 41.2 Å². The number of alkyl halides is 3. The summed E-state index contributed by atoms with van der Waals surface area (Å²) in [5.74, 6) is -0.382. The Balaban J connectivity index is 1.96. The molecule has 174 valence electrons. The number of rotatable bonds is 4. The molecule has 1 N–H and O–H groups in total. The lowest BCUT2D eigenvalue weighted by Crippen LogP contribution is -2.66. The number of carbonyl (C=O) groups excluding carboxylic acids is 1. The molecule has 0 saturated carbocycles. The lowest BCUT2D eigenvalue weighted by atomic mass is 9.62. The number of hydrogen-bond acceptors (Lipinski definition) is 4. The first kappa shape index (κ1) is 24.4. The molecule has 0 spiro atoms. The SMILES string of the molecule is CC(C)(C)OC(=O)N1CC(C)(C(O)(c2ccc(OC(F)(F)F)cc2)c2cccc(Br)c2)C1. The summed E-state index contributed by atoms with van der Waals surface area (Å²) in [5, 5.41) is 12.1.